The number of hydrogen-bond donors (Lipinski definition) is 2. The first kappa shape index (κ1) is 12.7. The molecule has 0 saturated heterocycles. The van der Waals surface area contributed by atoms with E-state index in [2.05, 4.69) is 16.2 Å². The number of nitrogens with zero attached hydrogens (tertiary/aromatic N) is 1. The Balaban J connectivity index is 2.60. The maximum atomic E-state index is 11.5. The minimum Gasteiger partial charge on any atom is -0.319 e. The van der Waals surface area contributed by atoms with Crippen LogP contribution >= 0.6 is 11.3 Å². The van der Waals surface area contributed by atoms with Crippen molar-refractivity contribution in [3.05, 3.63) is 11.1 Å². The van der Waals surface area contributed by atoms with Gasteiger partial charge >= 0.3 is 0 Å². The second-order valence-electron chi connectivity index (χ2n) is 3.74. The van der Waals surface area contributed by atoms with E-state index in [1.54, 1.807) is 0 Å². The first-order chi connectivity index (χ1) is 7.54. The van der Waals surface area contributed by atoms with Crippen LogP contribution < -0.4 is 11.1 Å². The normalized spacial score (nSPS) is 12.2. The van der Waals surface area contributed by atoms with Crippen LogP contribution in [0.1, 0.15) is 31.9 Å². The summed E-state index contributed by atoms with van der Waals surface area (Å²) in [5.74, 6) is 2.41. The molecule has 0 saturated carbocycles. The smallest absolute Gasteiger partial charge is 0.244 e. The second kappa shape index (κ2) is 5.64. The van der Waals surface area contributed by atoms with E-state index in [4.69, 9.17) is 12.2 Å². The van der Waals surface area contributed by atoms with E-state index in [1.807, 2.05) is 19.2 Å². The van der Waals surface area contributed by atoms with Gasteiger partial charge in [0.05, 0.1) is 11.7 Å². The molecule has 0 fully saturated rings. The third kappa shape index (κ3) is 3.33. The molecular weight excluding hydrogens is 222 g/mol. The zero-order valence-corrected chi connectivity index (χ0v) is 10.2. The number of nitrogens with two attached hydrogens (primary N) is 1. The number of hydrogen-bond acceptors (Lipinski definition) is 4. The van der Waals surface area contributed by atoms with Crippen molar-refractivity contribution in [1.82, 2.24) is 4.98 Å². The fraction of sp³-hybridized carbons (Fsp3) is 0.455. The second-order valence-corrected chi connectivity index (χ2v) is 4.59. The Kier molecular flexibility index (Phi) is 4.47. The van der Waals surface area contributed by atoms with Crippen LogP contribution in [0, 0.1) is 12.3 Å². The summed E-state index contributed by atoms with van der Waals surface area (Å²) in [5, 5.41) is 5.14. The molecular formula is C11H15N3OS. The Hall–Kier alpha value is -1.38. The van der Waals surface area contributed by atoms with Gasteiger partial charge in [-0.15, -0.1) is 23.7 Å². The Bertz CT molecular complexity index is 406. The van der Waals surface area contributed by atoms with Crippen LogP contribution in [0.5, 0.6) is 0 Å². The van der Waals surface area contributed by atoms with E-state index in [0.717, 1.165) is 5.69 Å². The molecule has 86 valence electrons. The van der Waals surface area contributed by atoms with Crippen LogP contribution in [0.15, 0.2) is 5.38 Å². The number of carbonyl (C=O) groups excluding carboxylic acids is 1. The van der Waals surface area contributed by atoms with E-state index >= 15 is 0 Å². The predicted molar refractivity (Wildman–Crippen MR) is 66.3 cm³/mol. The highest BCUT2D eigenvalue weighted by Crippen LogP contribution is 2.21. The van der Waals surface area contributed by atoms with Crippen LogP contribution in [0.2, 0.25) is 0 Å². The third-order valence-corrected chi connectivity index (χ3v) is 2.79. The molecule has 0 spiro atoms. The summed E-state index contributed by atoms with van der Waals surface area (Å²) in [6.45, 7) is 4.09. The number of nitrogens with one attached hydrogen (secondary N) is 1. The van der Waals surface area contributed by atoms with Crippen LogP contribution in [-0.2, 0) is 4.79 Å². The monoisotopic (exact) mass is 237 g/mol. The number of terminal acetylenes is 1. The molecule has 1 aromatic rings. The van der Waals surface area contributed by atoms with Gasteiger partial charge in [0.15, 0.2) is 5.13 Å². The quantitative estimate of drug-likeness (QED) is 0.781. The van der Waals surface area contributed by atoms with Gasteiger partial charge in [-0.1, -0.05) is 13.8 Å². The predicted octanol–water partition coefficient (Wildman–Crippen LogP) is 1.56. The number of aromatic nitrogens is 1. The average molecular weight is 237 g/mol. The van der Waals surface area contributed by atoms with Gasteiger partial charge in [-0.2, -0.15) is 0 Å². The van der Waals surface area contributed by atoms with Gasteiger partial charge < -0.3 is 11.1 Å². The van der Waals surface area contributed by atoms with Crippen LogP contribution in [0.3, 0.4) is 0 Å². The molecule has 1 amide bonds. The fourth-order valence-corrected chi connectivity index (χ4v) is 1.90. The van der Waals surface area contributed by atoms with Gasteiger partial charge in [0.1, 0.15) is 0 Å². The first-order valence-electron chi connectivity index (χ1n) is 5.00. The molecule has 1 aromatic heterocycles. The van der Waals surface area contributed by atoms with E-state index in [-0.39, 0.29) is 12.3 Å². The summed E-state index contributed by atoms with van der Waals surface area (Å²) >= 11 is 1.39. The van der Waals surface area contributed by atoms with Crippen LogP contribution in [-0.4, -0.2) is 16.9 Å². The molecule has 3 N–H and O–H groups in total. The minimum absolute atomic E-state index is 0.230. The van der Waals surface area contributed by atoms with Crippen LogP contribution in [0.4, 0.5) is 5.13 Å². The number of amides is 1. The molecule has 5 heteroatoms. The standard InChI is InChI=1S/C11H15N3OS/c1-4-5-8(12)10(15)14-11-13-9(6-16-11)7(2)3/h1,6-8H,5,12H2,2-3H3,(H,13,14,15). The molecule has 16 heavy (non-hydrogen) atoms. The van der Waals surface area contributed by atoms with Crippen molar-refractivity contribution >= 4 is 22.4 Å². The number of rotatable bonds is 4. The van der Waals surface area contributed by atoms with Gasteiger partial charge in [-0.3, -0.25) is 4.79 Å². The van der Waals surface area contributed by atoms with E-state index in [1.165, 1.54) is 11.3 Å². The number of anilines is 1. The van der Waals surface area contributed by atoms with Crippen LogP contribution in [0.25, 0.3) is 0 Å². The summed E-state index contributed by atoms with van der Waals surface area (Å²) in [5.41, 5.74) is 6.53. The lowest BCUT2D eigenvalue weighted by molar-refractivity contribution is -0.117. The van der Waals surface area contributed by atoms with Gasteiger partial charge in [0.2, 0.25) is 5.91 Å². The maximum Gasteiger partial charge on any atom is 0.244 e. The zero-order chi connectivity index (χ0) is 12.1. The molecule has 0 radical (unpaired) electrons. The molecule has 1 unspecified atom stereocenters. The van der Waals surface area contributed by atoms with Crippen molar-refractivity contribution in [2.24, 2.45) is 5.73 Å². The Labute approximate surface area is 99.3 Å². The molecule has 1 rings (SSSR count). The van der Waals surface area contributed by atoms with E-state index in [0.29, 0.717) is 11.0 Å². The molecule has 0 aromatic carbocycles. The Morgan fingerprint density at radius 1 is 1.75 bits per heavy atom. The molecule has 0 aliphatic rings. The number of carbonyl (C=O) groups is 1. The molecule has 1 heterocycles. The summed E-state index contributed by atoms with van der Waals surface area (Å²) in [4.78, 5) is 15.8. The molecule has 0 bridgehead atoms. The Morgan fingerprint density at radius 3 is 2.94 bits per heavy atom. The molecule has 4 nitrogen and oxygen atoms in total. The highest BCUT2D eigenvalue weighted by atomic mass is 32.1. The van der Waals surface area contributed by atoms with E-state index in [9.17, 15) is 4.79 Å². The van der Waals surface area contributed by atoms with Crippen molar-refractivity contribution in [2.45, 2.75) is 32.2 Å². The largest absolute Gasteiger partial charge is 0.319 e. The summed E-state index contributed by atoms with van der Waals surface area (Å²) in [7, 11) is 0. The molecule has 0 aliphatic heterocycles. The summed E-state index contributed by atoms with van der Waals surface area (Å²) in [6.07, 6.45) is 5.31. The molecule has 0 aliphatic carbocycles. The lowest BCUT2D eigenvalue weighted by Crippen LogP contribution is -2.35. The lowest BCUT2D eigenvalue weighted by Gasteiger charge is -2.06. The van der Waals surface area contributed by atoms with Gasteiger partial charge in [0.25, 0.3) is 0 Å². The topological polar surface area (TPSA) is 68.0 Å². The summed E-state index contributed by atoms with van der Waals surface area (Å²) in [6, 6.07) is -0.670. The minimum atomic E-state index is -0.670. The van der Waals surface area contributed by atoms with Crippen molar-refractivity contribution in [1.29, 1.82) is 0 Å². The third-order valence-electron chi connectivity index (χ3n) is 2.02. The number of thiazole rings is 1. The van der Waals surface area contributed by atoms with E-state index < -0.39 is 6.04 Å². The van der Waals surface area contributed by atoms with Crippen molar-refractivity contribution in [2.75, 3.05) is 5.32 Å². The van der Waals surface area contributed by atoms with Gasteiger partial charge in [0, 0.05) is 11.8 Å². The zero-order valence-electron chi connectivity index (χ0n) is 9.36. The van der Waals surface area contributed by atoms with Gasteiger partial charge in [-0.05, 0) is 5.92 Å². The highest BCUT2D eigenvalue weighted by Gasteiger charge is 2.14. The molecule has 1 atom stereocenters. The lowest BCUT2D eigenvalue weighted by atomic mass is 10.2. The van der Waals surface area contributed by atoms with Gasteiger partial charge in [-0.25, -0.2) is 4.98 Å². The van der Waals surface area contributed by atoms with Crippen molar-refractivity contribution in [3.8, 4) is 12.3 Å². The summed E-state index contributed by atoms with van der Waals surface area (Å²) < 4.78 is 0. The SMILES string of the molecule is C#CCC(N)C(=O)Nc1nc(C(C)C)cs1. The fourth-order valence-electron chi connectivity index (χ4n) is 1.03. The highest BCUT2D eigenvalue weighted by molar-refractivity contribution is 7.13. The first-order valence-corrected chi connectivity index (χ1v) is 5.88. The average Bonchev–Trinajstić information content (AvgIpc) is 2.66. The Morgan fingerprint density at radius 2 is 2.44 bits per heavy atom. The maximum absolute atomic E-state index is 11.5. The van der Waals surface area contributed by atoms with Crippen molar-refractivity contribution in [3.63, 3.8) is 0 Å². The van der Waals surface area contributed by atoms with Crippen molar-refractivity contribution < 1.29 is 4.79 Å².